The van der Waals surface area contributed by atoms with Gasteiger partial charge in [-0.05, 0) is 63.4 Å². The number of hydrogen-bond acceptors (Lipinski definition) is 3. The Kier molecular flexibility index (Phi) is 4.94. The van der Waals surface area contributed by atoms with E-state index in [4.69, 9.17) is 9.97 Å². The van der Waals surface area contributed by atoms with Crippen LogP contribution in [0.25, 0.3) is 81.2 Å². The highest BCUT2D eigenvalue weighted by atomic mass is 32.1. The fourth-order valence-electron chi connectivity index (χ4n) is 7.61. The van der Waals surface area contributed by atoms with Crippen molar-refractivity contribution in [1.82, 2.24) is 14.5 Å². The van der Waals surface area contributed by atoms with Crippen molar-refractivity contribution < 1.29 is 0 Å². The topological polar surface area (TPSA) is 30.7 Å². The zero-order chi connectivity index (χ0) is 29.9. The van der Waals surface area contributed by atoms with Crippen molar-refractivity contribution in [2.45, 2.75) is 19.3 Å². The Bertz CT molecular complexity index is 2690. The summed E-state index contributed by atoms with van der Waals surface area (Å²) in [5, 5.41) is 6.03. The van der Waals surface area contributed by atoms with Gasteiger partial charge in [-0.2, -0.15) is 0 Å². The lowest BCUT2D eigenvalue weighted by Crippen LogP contribution is -2.14. The molecule has 45 heavy (non-hydrogen) atoms. The first-order valence-electron chi connectivity index (χ1n) is 15.4. The molecule has 1 aliphatic carbocycles. The Hall–Kier alpha value is -5.32. The van der Waals surface area contributed by atoms with Crippen molar-refractivity contribution in [3.05, 3.63) is 139 Å². The van der Waals surface area contributed by atoms with E-state index in [2.05, 4.69) is 146 Å². The van der Waals surface area contributed by atoms with Crippen LogP contribution in [0.1, 0.15) is 25.0 Å². The van der Waals surface area contributed by atoms with Crippen LogP contribution in [0.5, 0.6) is 0 Å². The Morgan fingerprint density at radius 1 is 0.578 bits per heavy atom. The molecule has 0 radical (unpaired) electrons. The van der Waals surface area contributed by atoms with E-state index in [1.54, 1.807) is 11.3 Å². The van der Waals surface area contributed by atoms with Gasteiger partial charge in [0, 0.05) is 31.8 Å². The zero-order valence-electron chi connectivity index (χ0n) is 24.9. The average Bonchev–Trinajstić information content (AvgIpc) is 3.68. The Balaban J connectivity index is 1.34. The predicted molar refractivity (Wildman–Crippen MR) is 190 cm³/mol. The summed E-state index contributed by atoms with van der Waals surface area (Å²) in [6, 6.07) is 46.2. The number of fused-ring (bicyclic) bond motifs is 10. The van der Waals surface area contributed by atoms with Crippen LogP contribution in [0.15, 0.2) is 127 Å². The van der Waals surface area contributed by atoms with Gasteiger partial charge >= 0.3 is 0 Å². The van der Waals surface area contributed by atoms with E-state index in [1.165, 1.54) is 48.5 Å². The number of thiophene rings is 1. The quantitative estimate of drug-likeness (QED) is 0.200. The maximum Gasteiger partial charge on any atom is 0.166 e. The van der Waals surface area contributed by atoms with Gasteiger partial charge < -0.3 is 0 Å². The van der Waals surface area contributed by atoms with E-state index in [0.717, 1.165) is 43.8 Å². The van der Waals surface area contributed by atoms with Crippen molar-refractivity contribution in [2.24, 2.45) is 0 Å². The molecule has 0 atom stereocenters. The SMILES string of the molecule is CC1(C)c2ccccc2-c2cc(-c3nc4c(nc3-n3c5ccccc5c5cc6ccccc6cc53)sc3ccccc34)ccc21. The van der Waals surface area contributed by atoms with Gasteiger partial charge in [-0.15, -0.1) is 11.3 Å². The zero-order valence-corrected chi connectivity index (χ0v) is 25.7. The summed E-state index contributed by atoms with van der Waals surface area (Å²) >= 11 is 1.71. The molecule has 0 saturated carbocycles. The van der Waals surface area contributed by atoms with E-state index in [9.17, 15) is 0 Å². The van der Waals surface area contributed by atoms with Gasteiger partial charge in [0.05, 0.1) is 11.0 Å². The lowest BCUT2D eigenvalue weighted by atomic mass is 9.82. The largest absolute Gasteiger partial charge is 0.292 e. The predicted octanol–water partition coefficient (Wildman–Crippen LogP) is 11.1. The molecular formula is C41H27N3S. The normalized spacial score (nSPS) is 13.7. The highest BCUT2D eigenvalue weighted by Crippen LogP contribution is 2.50. The van der Waals surface area contributed by atoms with Crippen LogP contribution in [0.2, 0.25) is 0 Å². The molecule has 0 N–H and O–H groups in total. The molecule has 9 aromatic rings. The van der Waals surface area contributed by atoms with Crippen molar-refractivity contribution in [2.75, 3.05) is 0 Å². The number of nitrogens with zero attached hydrogens (tertiary/aromatic N) is 3. The Labute approximate surface area is 264 Å². The molecule has 0 bridgehead atoms. The third-order valence-corrected chi connectivity index (χ3v) is 10.9. The molecule has 0 spiro atoms. The van der Waals surface area contributed by atoms with Crippen LogP contribution in [0.4, 0.5) is 0 Å². The number of para-hydroxylation sites is 1. The van der Waals surface area contributed by atoms with Gasteiger partial charge in [-0.3, -0.25) is 4.57 Å². The first-order valence-corrected chi connectivity index (χ1v) is 16.2. The van der Waals surface area contributed by atoms with Gasteiger partial charge in [0.2, 0.25) is 0 Å². The molecule has 0 saturated heterocycles. The highest BCUT2D eigenvalue weighted by Gasteiger charge is 2.35. The van der Waals surface area contributed by atoms with Gasteiger partial charge in [0.1, 0.15) is 16.0 Å². The maximum absolute atomic E-state index is 5.51. The van der Waals surface area contributed by atoms with Gasteiger partial charge in [0.25, 0.3) is 0 Å². The second kappa shape index (κ2) is 8.87. The number of rotatable bonds is 2. The Morgan fingerprint density at radius 3 is 2.18 bits per heavy atom. The molecule has 10 rings (SSSR count). The van der Waals surface area contributed by atoms with E-state index >= 15 is 0 Å². The fourth-order valence-corrected chi connectivity index (χ4v) is 8.63. The summed E-state index contributed by atoms with van der Waals surface area (Å²) in [6.45, 7) is 4.66. The lowest BCUT2D eigenvalue weighted by Gasteiger charge is -2.21. The molecule has 0 unspecified atom stereocenters. The first-order chi connectivity index (χ1) is 22.1. The third-order valence-electron chi connectivity index (χ3n) is 9.80. The smallest absolute Gasteiger partial charge is 0.166 e. The van der Waals surface area contributed by atoms with Crippen LogP contribution in [0, 0.1) is 0 Å². The molecule has 0 aliphatic heterocycles. The molecule has 1 aliphatic rings. The van der Waals surface area contributed by atoms with Crippen molar-refractivity contribution in [1.29, 1.82) is 0 Å². The summed E-state index contributed by atoms with van der Waals surface area (Å²) in [5.74, 6) is 0.862. The molecule has 3 nitrogen and oxygen atoms in total. The van der Waals surface area contributed by atoms with E-state index in [1.807, 2.05) is 0 Å². The van der Waals surface area contributed by atoms with Gasteiger partial charge in [0.15, 0.2) is 5.82 Å². The standard InChI is InChI=1S/C41H27N3S/c1-41(2)32-16-8-5-13-27(32)30-22-26(19-20-33(30)41)37-39(43-40-38(42-37)29-15-7-10-18-36(29)45-40)44-34-17-9-6-14-28(34)31-21-24-11-3-4-12-25(24)23-35(31)44/h3-23H,1-2H3. The summed E-state index contributed by atoms with van der Waals surface area (Å²) in [5.41, 5.74) is 10.5. The molecular weight excluding hydrogens is 567 g/mol. The van der Waals surface area contributed by atoms with Crippen LogP contribution < -0.4 is 0 Å². The van der Waals surface area contributed by atoms with Crippen molar-refractivity contribution in [3.8, 4) is 28.2 Å². The molecule has 212 valence electrons. The maximum atomic E-state index is 5.51. The van der Waals surface area contributed by atoms with Gasteiger partial charge in [-0.1, -0.05) is 111 Å². The molecule has 3 aromatic heterocycles. The summed E-state index contributed by atoms with van der Waals surface area (Å²) in [4.78, 5) is 12.0. The minimum Gasteiger partial charge on any atom is -0.292 e. The van der Waals surface area contributed by atoms with Crippen LogP contribution in [-0.4, -0.2) is 14.5 Å². The minimum absolute atomic E-state index is 0.0552. The summed E-state index contributed by atoms with van der Waals surface area (Å²) < 4.78 is 3.54. The fraction of sp³-hybridized carbons (Fsp3) is 0.0732. The van der Waals surface area contributed by atoms with Crippen LogP contribution in [0.3, 0.4) is 0 Å². The van der Waals surface area contributed by atoms with Crippen LogP contribution >= 0.6 is 11.3 Å². The van der Waals surface area contributed by atoms with Crippen molar-refractivity contribution in [3.63, 3.8) is 0 Å². The second-order valence-corrected chi connectivity index (χ2v) is 13.7. The monoisotopic (exact) mass is 593 g/mol. The molecule has 4 heteroatoms. The molecule has 3 heterocycles. The first kappa shape index (κ1) is 25.1. The highest BCUT2D eigenvalue weighted by molar-refractivity contribution is 7.25. The average molecular weight is 594 g/mol. The van der Waals surface area contributed by atoms with Crippen molar-refractivity contribution >= 4 is 64.3 Å². The van der Waals surface area contributed by atoms with Crippen LogP contribution in [-0.2, 0) is 5.41 Å². The summed E-state index contributed by atoms with van der Waals surface area (Å²) in [7, 11) is 0. The number of aromatic nitrogens is 3. The third kappa shape index (κ3) is 3.40. The Morgan fingerprint density at radius 2 is 1.29 bits per heavy atom. The molecule has 6 aromatic carbocycles. The minimum atomic E-state index is -0.0552. The molecule has 0 fully saturated rings. The summed E-state index contributed by atoms with van der Waals surface area (Å²) in [6.07, 6.45) is 0. The second-order valence-electron chi connectivity index (χ2n) is 12.6. The van der Waals surface area contributed by atoms with Gasteiger partial charge in [-0.25, -0.2) is 9.97 Å². The van der Waals surface area contributed by atoms with E-state index < -0.39 is 0 Å². The van der Waals surface area contributed by atoms with E-state index in [0.29, 0.717) is 0 Å². The van der Waals surface area contributed by atoms with E-state index in [-0.39, 0.29) is 5.41 Å². The number of benzene rings is 6. The number of hydrogen-bond donors (Lipinski definition) is 0. The lowest BCUT2D eigenvalue weighted by molar-refractivity contribution is 0.660. The molecule has 0 amide bonds.